The second-order valence-electron chi connectivity index (χ2n) is 4.23. The fourth-order valence-electron chi connectivity index (χ4n) is 1.58. The lowest BCUT2D eigenvalue weighted by Crippen LogP contribution is -2.23. The van der Waals surface area contributed by atoms with Crippen LogP contribution in [0.4, 0.5) is 0 Å². The second kappa shape index (κ2) is 6.90. The topological polar surface area (TPSA) is 122 Å². The van der Waals surface area contributed by atoms with Crippen LogP contribution in [-0.2, 0) is 11.2 Å². The Morgan fingerprint density at radius 3 is 2.45 bits per heavy atom. The first-order valence-corrected chi connectivity index (χ1v) is 7.15. The molecule has 1 aromatic carbocycles. The molecule has 0 aliphatic heterocycles. The van der Waals surface area contributed by atoms with Crippen molar-refractivity contribution < 1.29 is 19.8 Å². The first-order valence-electron chi connectivity index (χ1n) is 6.33. The zero-order valence-electron chi connectivity index (χ0n) is 11.5. The summed E-state index contributed by atoms with van der Waals surface area (Å²) in [6.45, 7) is 1.89. The molecule has 0 saturated heterocycles. The molecule has 0 aliphatic rings. The monoisotopic (exact) mass is 317 g/mol. The van der Waals surface area contributed by atoms with Gasteiger partial charge in [0.15, 0.2) is 0 Å². The van der Waals surface area contributed by atoms with Crippen molar-refractivity contribution in [3.63, 3.8) is 0 Å². The Labute approximate surface area is 130 Å². The number of benzene rings is 1. The first-order chi connectivity index (χ1) is 10.5. The number of carbonyl (C=O) groups is 2. The highest BCUT2D eigenvalue weighted by atomic mass is 32.2. The predicted octanol–water partition coefficient (Wildman–Crippen LogP) is -0.386. The van der Waals surface area contributed by atoms with Crippen LogP contribution in [0.25, 0.3) is 6.08 Å². The van der Waals surface area contributed by atoms with Gasteiger partial charge in [0, 0.05) is 11.3 Å². The maximum atomic E-state index is 11.2. The Morgan fingerprint density at radius 2 is 1.95 bits per heavy atom. The number of carboxylic acids is 2. The zero-order valence-corrected chi connectivity index (χ0v) is 12.3. The van der Waals surface area contributed by atoms with E-state index in [0.29, 0.717) is 17.8 Å². The fraction of sp³-hybridized carbons (Fsp3) is 0.143. The molecule has 0 aliphatic carbocycles. The number of rotatable bonds is 6. The number of nitrogens with zero attached hydrogens (tertiary/aromatic N) is 2. The van der Waals surface area contributed by atoms with Crippen molar-refractivity contribution >= 4 is 29.8 Å². The number of aromatic carboxylic acids is 1. The molecule has 22 heavy (non-hydrogen) atoms. The molecule has 1 aromatic heterocycles. The van der Waals surface area contributed by atoms with Crippen LogP contribution >= 0.6 is 11.8 Å². The average Bonchev–Trinajstić information content (AvgIpc) is 2.94. The third-order valence-electron chi connectivity index (χ3n) is 2.69. The van der Waals surface area contributed by atoms with Crippen molar-refractivity contribution in [1.82, 2.24) is 15.2 Å². The van der Waals surface area contributed by atoms with Gasteiger partial charge in [0.1, 0.15) is 5.82 Å². The van der Waals surface area contributed by atoms with E-state index in [9.17, 15) is 19.8 Å². The molecule has 2 aromatic rings. The quantitative estimate of drug-likeness (QED) is 0.569. The van der Waals surface area contributed by atoms with E-state index in [0.717, 1.165) is 11.8 Å². The molecule has 0 bridgehead atoms. The minimum atomic E-state index is -1.36. The number of hydrogen-bond donors (Lipinski definition) is 1. The second-order valence-corrected chi connectivity index (χ2v) is 5.23. The van der Waals surface area contributed by atoms with Crippen molar-refractivity contribution in [2.75, 3.05) is 0 Å². The number of hydrogen-bond acceptors (Lipinski definition) is 7. The highest BCUT2D eigenvalue weighted by Crippen LogP contribution is 2.25. The molecule has 114 valence electrons. The van der Waals surface area contributed by atoms with Crippen LogP contribution in [0.3, 0.4) is 0 Å². The van der Waals surface area contributed by atoms with Gasteiger partial charge in [0.25, 0.3) is 0 Å². The summed E-state index contributed by atoms with van der Waals surface area (Å²) in [5.74, 6) is -2.01. The smallest absolute Gasteiger partial charge is 0.213 e. The predicted molar refractivity (Wildman–Crippen MR) is 75.4 cm³/mol. The Kier molecular flexibility index (Phi) is 4.95. The molecular formula is C14H11N3O4S-2. The summed E-state index contributed by atoms with van der Waals surface area (Å²) in [7, 11) is 0. The summed E-state index contributed by atoms with van der Waals surface area (Å²) < 4.78 is 0. The summed E-state index contributed by atoms with van der Waals surface area (Å²) in [4.78, 5) is 25.9. The van der Waals surface area contributed by atoms with E-state index < -0.39 is 11.9 Å². The lowest BCUT2D eigenvalue weighted by atomic mass is 10.1. The largest absolute Gasteiger partial charge is 0.545 e. The number of thioether (sulfide) groups is 1. The lowest BCUT2D eigenvalue weighted by molar-refractivity contribution is -0.298. The van der Waals surface area contributed by atoms with E-state index in [2.05, 4.69) is 15.2 Å². The van der Waals surface area contributed by atoms with Crippen molar-refractivity contribution in [2.45, 2.75) is 18.5 Å². The number of aliphatic carboxylic acids is 1. The van der Waals surface area contributed by atoms with E-state index in [4.69, 9.17) is 0 Å². The summed E-state index contributed by atoms with van der Waals surface area (Å²) >= 11 is 0.855. The number of aromatic nitrogens is 3. The molecular weight excluding hydrogens is 306 g/mol. The van der Waals surface area contributed by atoms with Gasteiger partial charge in [-0.2, -0.15) is 0 Å². The highest BCUT2D eigenvalue weighted by Gasteiger charge is 2.08. The molecule has 0 atom stereocenters. The van der Waals surface area contributed by atoms with Crippen LogP contribution in [0.1, 0.15) is 28.7 Å². The number of carboxylic acid groups (broad SMARTS) is 2. The van der Waals surface area contributed by atoms with E-state index in [1.165, 1.54) is 30.3 Å². The van der Waals surface area contributed by atoms with Gasteiger partial charge in [-0.05, 0) is 29.0 Å². The summed E-state index contributed by atoms with van der Waals surface area (Å²) in [6, 6.07) is 5.62. The van der Waals surface area contributed by atoms with E-state index in [1.54, 1.807) is 0 Å². The fourth-order valence-corrected chi connectivity index (χ4v) is 2.30. The molecule has 0 spiro atoms. The van der Waals surface area contributed by atoms with Crippen molar-refractivity contribution in [3.05, 3.63) is 46.1 Å². The van der Waals surface area contributed by atoms with Gasteiger partial charge in [-0.25, -0.2) is 4.98 Å². The normalized spacial score (nSPS) is 11.4. The molecule has 2 rings (SSSR count). The van der Waals surface area contributed by atoms with Crippen molar-refractivity contribution in [2.24, 2.45) is 0 Å². The van der Waals surface area contributed by atoms with E-state index >= 15 is 0 Å². The zero-order chi connectivity index (χ0) is 16.1. The van der Waals surface area contributed by atoms with Gasteiger partial charge in [-0.15, -0.1) is 5.10 Å². The summed E-state index contributed by atoms with van der Waals surface area (Å²) in [5.41, 5.74) is 0.532. The molecule has 0 radical (unpaired) electrons. The third-order valence-corrected chi connectivity index (χ3v) is 3.56. The van der Waals surface area contributed by atoms with Crippen LogP contribution in [-0.4, -0.2) is 27.1 Å². The minimum absolute atomic E-state index is 0.0151. The van der Waals surface area contributed by atoms with Crippen molar-refractivity contribution in [1.29, 1.82) is 0 Å². The van der Waals surface area contributed by atoms with Gasteiger partial charge in [0.2, 0.25) is 5.16 Å². The Balaban J connectivity index is 2.22. The number of H-pyrrole nitrogens is 1. The summed E-state index contributed by atoms with van der Waals surface area (Å²) in [6.07, 6.45) is 2.02. The molecule has 1 N–H and O–H groups in total. The Bertz CT molecular complexity index is 722. The van der Waals surface area contributed by atoms with Gasteiger partial charge in [-0.3, -0.25) is 5.10 Å². The van der Waals surface area contributed by atoms with E-state index in [1.807, 2.05) is 6.92 Å². The Hall–Kier alpha value is -2.61. The number of nitrogens with one attached hydrogen (secondary N) is 1. The molecule has 0 saturated carbocycles. The van der Waals surface area contributed by atoms with Crippen LogP contribution in [0.2, 0.25) is 0 Å². The minimum Gasteiger partial charge on any atom is -0.545 e. The van der Waals surface area contributed by atoms with Gasteiger partial charge < -0.3 is 19.8 Å². The Morgan fingerprint density at radius 1 is 1.27 bits per heavy atom. The van der Waals surface area contributed by atoms with Crippen LogP contribution in [0, 0.1) is 0 Å². The highest BCUT2D eigenvalue weighted by molar-refractivity contribution is 8.04. The summed E-state index contributed by atoms with van der Waals surface area (Å²) in [5, 5.41) is 28.7. The van der Waals surface area contributed by atoms with E-state index in [-0.39, 0.29) is 15.6 Å². The maximum absolute atomic E-state index is 11.2. The molecule has 8 heteroatoms. The standard InChI is InChI=1S/C14H13N3O4S/c1-2-11-15-14(17-16-11)22-10(13(20)21)7-8-3-5-9(6-4-8)12(18)19/h3-7H,2H2,1H3,(H,18,19)(H,20,21)(H,15,16,17)/p-2/b10-7+. The van der Waals surface area contributed by atoms with Crippen LogP contribution in [0.5, 0.6) is 0 Å². The number of aromatic amines is 1. The molecule has 0 unspecified atom stereocenters. The van der Waals surface area contributed by atoms with Crippen molar-refractivity contribution in [3.8, 4) is 0 Å². The lowest BCUT2D eigenvalue weighted by Gasteiger charge is -2.06. The van der Waals surface area contributed by atoms with Gasteiger partial charge >= 0.3 is 0 Å². The van der Waals surface area contributed by atoms with Gasteiger partial charge in [-0.1, -0.05) is 31.2 Å². The molecule has 7 nitrogen and oxygen atoms in total. The number of aryl methyl sites for hydroxylation is 1. The maximum Gasteiger partial charge on any atom is 0.213 e. The van der Waals surface area contributed by atoms with Crippen LogP contribution in [0.15, 0.2) is 34.3 Å². The first kappa shape index (κ1) is 15.8. The molecule has 1 heterocycles. The SMILES string of the molecule is CCc1nc(S/C(=C/c2ccc(C(=O)[O-])cc2)C(=O)[O-])n[nH]1. The molecule has 0 fully saturated rings. The third kappa shape index (κ3) is 3.95. The van der Waals surface area contributed by atoms with Crippen LogP contribution < -0.4 is 10.2 Å². The average molecular weight is 317 g/mol. The van der Waals surface area contributed by atoms with Gasteiger partial charge in [0.05, 0.1) is 11.9 Å². The molecule has 0 amide bonds. The number of carbonyl (C=O) groups excluding carboxylic acids is 2.